The molecule has 0 aliphatic heterocycles. The molecule has 0 spiro atoms. The number of benzene rings is 3. The highest BCUT2D eigenvalue weighted by Gasteiger charge is 2.33. The Morgan fingerprint density at radius 1 is 1.07 bits per heavy atom. The van der Waals surface area contributed by atoms with E-state index in [-0.39, 0.29) is 11.1 Å². The second kappa shape index (κ2) is 11.4. The van der Waals surface area contributed by atoms with E-state index in [4.69, 9.17) is 17.0 Å². The number of imidazole rings is 1. The summed E-state index contributed by atoms with van der Waals surface area (Å²) in [5, 5.41) is 20.2. The van der Waals surface area contributed by atoms with Crippen LogP contribution in [0.2, 0.25) is 5.02 Å². The molecule has 1 amide bonds. The van der Waals surface area contributed by atoms with E-state index >= 15 is 0 Å². The lowest BCUT2D eigenvalue weighted by Crippen LogP contribution is -2.29. The minimum absolute atomic E-state index is 0.130. The zero-order chi connectivity index (χ0) is 32.0. The Morgan fingerprint density at radius 3 is 2.33 bits per heavy atom. The first kappa shape index (κ1) is 31.0. The molecule has 1 heterocycles. The smallest absolute Gasteiger partial charge is 0.321 e. The number of halogens is 8. The van der Waals surface area contributed by atoms with Gasteiger partial charge in [0.05, 0.1) is 45.0 Å². The Bertz CT molecular complexity index is 1940. The number of carbonyl (C=O) groups is 3. The number of ketones is 1. The summed E-state index contributed by atoms with van der Waals surface area (Å²) in [6.45, 7) is -0.246. The SMILES string of the molecule is CC(=O)n1c(=N)n(CC(F)F)c2cc(NC(=O)c3cc(F)cc(C(F)(F)F)c3)c(C(=O)c3cc(F)ccc3Cl)c(C#N)c21. The van der Waals surface area contributed by atoms with Crippen LogP contribution in [0.5, 0.6) is 0 Å². The van der Waals surface area contributed by atoms with Gasteiger partial charge >= 0.3 is 6.18 Å². The number of nitrogens with zero attached hydrogens (tertiary/aromatic N) is 3. The molecule has 0 fully saturated rings. The van der Waals surface area contributed by atoms with Crippen LogP contribution in [0.25, 0.3) is 11.0 Å². The number of alkyl halides is 5. The molecule has 222 valence electrons. The minimum atomic E-state index is -5.06. The first-order valence-electron chi connectivity index (χ1n) is 11.8. The lowest BCUT2D eigenvalue weighted by atomic mass is 9.95. The van der Waals surface area contributed by atoms with E-state index in [1.165, 1.54) is 0 Å². The first-order chi connectivity index (χ1) is 20.0. The van der Waals surface area contributed by atoms with Crippen LogP contribution < -0.4 is 10.9 Å². The maximum atomic E-state index is 14.1. The van der Waals surface area contributed by atoms with E-state index in [0.717, 1.165) is 25.1 Å². The zero-order valence-corrected chi connectivity index (χ0v) is 22.2. The highest BCUT2D eigenvalue weighted by molar-refractivity contribution is 6.35. The second-order valence-electron chi connectivity index (χ2n) is 8.97. The standard InChI is InChI=1S/C27H15ClF7N5O3/c1-11(41)40-23-17(9-36)22(24(42)16-7-14(29)2-3-18(16)28)19(8-20(23)39(26(40)37)10-21(31)32)38-25(43)12-4-13(27(33,34)35)6-15(30)5-12/h2-8,21,37H,10H2,1H3,(H,38,43). The molecule has 0 saturated carbocycles. The normalized spacial score (nSPS) is 11.6. The van der Waals surface area contributed by atoms with Crippen LogP contribution in [0.4, 0.5) is 36.4 Å². The Hall–Kier alpha value is -4.97. The predicted molar refractivity (Wildman–Crippen MR) is 137 cm³/mol. The number of hydrogen-bond donors (Lipinski definition) is 2. The summed E-state index contributed by atoms with van der Waals surface area (Å²) in [5.41, 5.74) is -6.92. The van der Waals surface area contributed by atoms with Crippen LogP contribution in [0.1, 0.15) is 49.1 Å². The van der Waals surface area contributed by atoms with Crippen molar-refractivity contribution in [3.8, 4) is 6.07 Å². The van der Waals surface area contributed by atoms with Gasteiger partial charge in [-0.25, -0.2) is 22.1 Å². The van der Waals surface area contributed by atoms with Crippen molar-refractivity contribution in [3.05, 3.63) is 92.6 Å². The molecule has 4 rings (SSSR count). The molecule has 0 aliphatic carbocycles. The second-order valence-corrected chi connectivity index (χ2v) is 9.37. The van der Waals surface area contributed by atoms with E-state index < -0.39 is 98.5 Å². The molecular weight excluding hydrogens is 611 g/mol. The van der Waals surface area contributed by atoms with Gasteiger partial charge in [-0.3, -0.25) is 19.8 Å². The van der Waals surface area contributed by atoms with Gasteiger partial charge in [-0.2, -0.15) is 18.4 Å². The van der Waals surface area contributed by atoms with Gasteiger partial charge in [0.2, 0.25) is 11.5 Å². The van der Waals surface area contributed by atoms with Gasteiger partial charge in [-0.15, -0.1) is 0 Å². The van der Waals surface area contributed by atoms with E-state index in [2.05, 4.69) is 5.32 Å². The minimum Gasteiger partial charge on any atom is -0.321 e. The van der Waals surface area contributed by atoms with Crippen molar-refractivity contribution in [2.75, 3.05) is 5.32 Å². The van der Waals surface area contributed by atoms with E-state index in [0.29, 0.717) is 27.3 Å². The molecule has 1 aromatic heterocycles. The highest BCUT2D eigenvalue weighted by atomic mass is 35.5. The number of hydrogen-bond acceptors (Lipinski definition) is 5. The fraction of sp³-hybridized carbons (Fsp3) is 0.148. The highest BCUT2D eigenvalue weighted by Crippen LogP contribution is 2.34. The van der Waals surface area contributed by atoms with Gasteiger partial charge in [0, 0.05) is 18.1 Å². The first-order valence-corrected chi connectivity index (χ1v) is 12.2. The number of nitriles is 1. The van der Waals surface area contributed by atoms with Gasteiger partial charge in [0.25, 0.3) is 12.3 Å². The van der Waals surface area contributed by atoms with Crippen LogP contribution in [0, 0.1) is 28.4 Å². The number of amides is 1. The molecule has 2 N–H and O–H groups in total. The molecule has 16 heteroatoms. The van der Waals surface area contributed by atoms with Crippen molar-refractivity contribution >= 4 is 45.9 Å². The fourth-order valence-electron chi connectivity index (χ4n) is 4.39. The van der Waals surface area contributed by atoms with E-state index in [1.54, 1.807) is 6.07 Å². The summed E-state index contributed by atoms with van der Waals surface area (Å²) < 4.78 is 96.0. The molecule has 8 nitrogen and oxygen atoms in total. The zero-order valence-electron chi connectivity index (χ0n) is 21.4. The molecule has 4 aromatic rings. The van der Waals surface area contributed by atoms with Crippen molar-refractivity contribution in [1.82, 2.24) is 9.13 Å². The lowest BCUT2D eigenvalue weighted by molar-refractivity contribution is -0.137. The molecule has 0 bridgehead atoms. The Labute approximate surface area is 241 Å². The van der Waals surface area contributed by atoms with Crippen molar-refractivity contribution in [3.63, 3.8) is 0 Å². The van der Waals surface area contributed by atoms with Crippen molar-refractivity contribution in [2.45, 2.75) is 26.1 Å². The summed E-state index contributed by atoms with van der Waals surface area (Å²) in [6.07, 6.45) is -8.15. The number of anilines is 1. The van der Waals surface area contributed by atoms with Crippen molar-refractivity contribution in [1.29, 1.82) is 10.7 Å². The molecule has 0 unspecified atom stereocenters. The molecule has 0 radical (unpaired) electrons. The summed E-state index contributed by atoms with van der Waals surface area (Å²) in [4.78, 5) is 39.3. The summed E-state index contributed by atoms with van der Waals surface area (Å²) in [5.74, 6) is -5.98. The third-order valence-electron chi connectivity index (χ3n) is 6.14. The van der Waals surface area contributed by atoms with E-state index in [9.17, 15) is 50.4 Å². The molecule has 43 heavy (non-hydrogen) atoms. The van der Waals surface area contributed by atoms with Crippen molar-refractivity contribution in [2.24, 2.45) is 0 Å². The van der Waals surface area contributed by atoms with Gasteiger partial charge in [0.1, 0.15) is 17.7 Å². The maximum Gasteiger partial charge on any atom is 0.416 e. The van der Waals surface area contributed by atoms with Gasteiger partial charge in [0.15, 0.2) is 5.78 Å². The predicted octanol–water partition coefficient (Wildman–Crippen LogP) is 6.15. The number of fused-ring (bicyclic) bond motifs is 1. The third kappa shape index (κ3) is 5.86. The Kier molecular flexibility index (Phi) is 8.19. The van der Waals surface area contributed by atoms with Crippen LogP contribution in [0.3, 0.4) is 0 Å². The molecule has 3 aromatic carbocycles. The van der Waals surface area contributed by atoms with Crippen LogP contribution in [-0.4, -0.2) is 33.2 Å². The number of nitrogens with one attached hydrogen (secondary N) is 2. The van der Waals surface area contributed by atoms with Crippen LogP contribution >= 0.6 is 11.6 Å². The quantitative estimate of drug-likeness (QED) is 0.197. The largest absolute Gasteiger partial charge is 0.416 e. The average molecular weight is 626 g/mol. The number of carbonyl (C=O) groups excluding carboxylic acids is 3. The van der Waals surface area contributed by atoms with Gasteiger partial charge in [-0.1, -0.05) is 11.6 Å². The summed E-state index contributed by atoms with van der Waals surface area (Å²) in [6, 6.07) is 5.92. The molecule has 0 saturated heterocycles. The summed E-state index contributed by atoms with van der Waals surface area (Å²) >= 11 is 6.07. The Morgan fingerprint density at radius 2 is 1.74 bits per heavy atom. The van der Waals surface area contributed by atoms with Crippen LogP contribution in [-0.2, 0) is 12.7 Å². The average Bonchev–Trinajstić information content (AvgIpc) is 3.18. The molecule has 0 aliphatic rings. The monoisotopic (exact) mass is 625 g/mol. The van der Waals surface area contributed by atoms with Crippen molar-refractivity contribution < 1.29 is 45.1 Å². The molecule has 0 atom stereocenters. The third-order valence-corrected chi connectivity index (χ3v) is 6.47. The van der Waals surface area contributed by atoms with Gasteiger partial charge in [-0.05, 0) is 42.5 Å². The lowest BCUT2D eigenvalue weighted by Gasteiger charge is -2.16. The number of aromatic nitrogens is 2. The maximum absolute atomic E-state index is 14.1. The summed E-state index contributed by atoms with van der Waals surface area (Å²) in [7, 11) is 0. The van der Waals surface area contributed by atoms with E-state index in [1.807, 2.05) is 0 Å². The van der Waals surface area contributed by atoms with Gasteiger partial charge < -0.3 is 9.88 Å². The Balaban J connectivity index is 2.08. The fourth-order valence-corrected chi connectivity index (χ4v) is 4.59. The topological polar surface area (TPSA) is 121 Å². The molecular formula is C27H15ClF7N5O3. The number of rotatable bonds is 6. The van der Waals surface area contributed by atoms with Crippen LogP contribution in [0.15, 0.2) is 42.5 Å².